The third-order valence-electron chi connectivity index (χ3n) is 5.94. The Morgan fingerprint density at radius 1 is 1.00 bits per heavy atom. The summed E-state index contributed by atoms with van der Waals surface area (Å²) in [6.07, 6.45) is 4.73. The van der Waals surface area contributed by atoms with Gasteiger partial charge in [-0.05, 0) is 53.4 Å². The average Bonchev–Trinajstić information content (AvgIpc) is 3.33. The molecule has 0 amide bonds. The lowest BCUT2D eigenvalue weighted by Gasteiger charge is -2.44. The van der Waals surface area contributed by atoms with Crippen molar-refractivity contribution in [3.63, 3.8) is 0 Å². The monoisotopic (exact) mass is 460 g/mol. The Labute approximate surface area is 196 Å². The van der Waals surface area contributed by atoms with Crippen LogP contribution in [-0.4, -0.2) is 31.0 Å². The molecule has 8 heteroatoms. The molecule has 2 aromatic heterocycles. The minimum absolute atomic E-state index is 0.0874. The Bertz CT molecular complexity index is 1270. The summed E-state index contributed by atoms with van der Waals surface area (Å²) in [4.78, 5) is 28.2. The molecule has 0 saturated carbocycles. The normalized spacial score (nSPS) is 13.3. The van der Waals surface area contributed by atoms with Crippen LogP contribution < -0.4 is 4.74 Å². The minimum atomic E-state index is -1.06. The van der Waals surface area contributed by atoms with Gasteiger partial charge in [0.25, 0.3) is 0 Å². The molecule has 0 aliphatic heterocycles. The molecular formula is C26H25FN4O3. The Kier molecular flexibility index (Phi) is 6.15. The van der Waals surface area contributed by atoms with Crippen molar-refractivity contribution in [2.24, 2.45) is 5.41 Å². The maximum atomic E-state index is 13.7. The van der Waals surface area contributed by atoms with E-state index in [1.54, 1.807) is 48.9 Å². The fourth-order valence-corrected chi connectivity index (χ4v) is 4.22. The van der Waals surface area contributed by atoms with Crippen LogP contribution in [0.15, 0.2) is 73.2 Å². The van der Waals surface area contributed by atoms with E-state index in [0.29, 0.717) is 17.0 Å². The average molecular weight is 461 g/mol. The lowest BCUT2D eigenvalue weighted by atomic mass is 9.59. The van der Waals surface area contributed by atoms with Crippen molar-refractivity contribution >= 4 is 5.97 Å². The Morgan fingerprint density at radius 2 is 1.71 bits per heavy atom. The summed E-state index contributed by atoms with van der Waals surface area (Å²) in [5.74, 6) is -0.123. The van der Waals surface area contributed by atoms with Crippen molar-refractivity contribution in [2.45, 2.75) is 32.6 Å². The van der Waals surface area contributed by atoms with Crippen molar-refractivity contribution in [1.29, 1.82) is 0 Å². The summed E-state index contributed by atoms with van der Waals surface area (Å²) in [7, 11) is 0. The molecule has 2 aromatic carbocycles. The van der Waals surface area contributed by atoms with E-state index >= 15 is 0 Å². The number of rotatable bonds is 7. The van der Waals surface area contributed by atoms with Crippen molar-refractivity contribution in [1.82, 2.24) is 19.9 Å². The second-order valence-electron chi connectivity index (χ2n) is 9.02. The SMILES string of the molecule is CC(C)(C)C(CC(=O)O)(c1ccc(F)cc1)c1ccnc(Oc2ccc(-c3ncc[nH]3)cc2)n1. The summed E-state index contributed by atoms with van der Waals surface area (Å²) >= 11 is 0. The summed E-state index contributed by atoms with van der Waals surface area (Å²) in [5, 5.41) is 9.84. The Morgan fingerprint density at radius 3 is 2.29 bits per heavy atom. The highest BCUT2D eigenvalue weighted by Gasteiger charge is 2.48. The zero-order valence-electron chi connectivity index (χ0n) is 19.1. The molecule has 4 aromatic rings. The zero-order valence-corrected chi connectivity index (χ0v) is 19.1. The Balaban J connectivity index is 1.73. The van der Waals surface area contributed by atoms with E-state index in [9.17, 15) is 14.3 Å². The van der Waals surface area contributed by atoms with Crippen LogP contribution in [0.1, 0.15) is 38.4 Å². The molecule has 2 heterocycles. The second-order valence-corrected chi connectivity index (χ2v) is 9.02. The smallest absolute Gasteiger partial charge is 0.322 e. The number of nitrogens with one attached hydrogen (secondary N) is 1. The van der Waals surface area contributed by atoms with E-state index < -0.39 is 22.6 Å². The van der Waals surface area contributed by atoms with Gasteiger partial charge in [-0.3, -0.25) is 4.79 Å². The van der Waals surface area contributed by atoms with Gasteiger partial charge in [0, 0.05) is 24.2 Å². The van der Waals surface area contributed by atoms with Crippen molar-refractivity contribution in [3.8, 4) is 23.1 Å². The summed E-state index contributed by atoms with van der Waals surface area (Å²) in [6, 6.07) is 14.9. The molecule has 2 N–H and O–H groups in total. The van der Waals surface area contributed by atoms with Crippen molar-refractivity contribution in [3.05, 3.63) is 90.3 Å². The van der Waals surface area contributed by atoms with Crippen LogP contribution in [0, 0.1) is 11.2 Å². The third kappa shape index (κ3) is 4.52. The fraction of sp³-hybridized carbons (Fsp3) is 0.231. The number of hydrogen-bond acceptors (Lipinski definition) is 5. The topological polar surface area (TPSA) is 101 Å². The first-order valence-electron chi connectivity index (χ1n) is 10.8. The van der Waals surface area contributed by atoms with E-state index in [2.05, 4.69) is 19.9 Å². The van der Waals surface area contributed by atoms with Gasteiger partial charge in [-0.25, -0.2) is 14.4 Å². The zero-order chi connectivity index (χ0) is 24.3. The van der Waals surface area contributed by atoms with Crippen LogP contribution in [0.2, 0.25) is 0 Å². The number of carboxylic acid groups (broad SMARTS) is 1. The van der Waals surface area contributed by atoms with Crippen LogP contribution in [-0.2, 0) is 10.2 Å². The van der Waals surface area contributed by atoms with E-state index in [1.807, 2.05) is 32.9 Å². The quantitative estimate of drug-likeness (QED) is 0.372. The third-order valence-corrected chi connectivity index (χ3v) is 5.94. The van der Waals surface area contributed by atoms with E-state index in [1.165, 1.54) is 12.1 Å². The van der Waals surface area contributed by atoms with Gasteiger partial charge in [-0.1, -0.05) is 32.9 Å². The molecule has 1 atom stereocenters. The number of aliphatic carboxylic acids is 1. The highest BCUT2D eigenvalue weighted by Crippen LogP contribution is 2.49. The molecule has 0 aliphatic carbocycles. The number of benzene rings is 2. The number of imidazole rings is 1. The largest absolute Gasteiger partial charge is 0.481 e. The summed E-state index contributed by atoms with van der Waals surface area (Å²) in [5.41, 5.74) is 0.384. The van der Waals surface area contributed by atoms with Crippen LogP contribution in [0.3, 0.4) is 0 Å². The van der Waals surface area contributed by atoms with Crippen LogP contribution >= 0.6 is 0 Å². The van der Waals surface area contributed by atoms with Gasteiger partial charge in [0.1, 0.15) is 17.4 Å². The number of ether oxygens (including phenoxy) is 1. The number of hydrogen-bond donors (Lipinski definition) is 2. The molecule has 7 nitrogen and oxygen atoms in total. The van der Waals surface area contributed by atoms with E-state index in [-0.39, 0.29) is 12.4 Å². The molecule has 0 fully saturated rings. The van der Waals surface area contributed by atoms with Gasteiger partial charge in [-0.2, -0.15) is 4.98 Å². The predicted molar refractivity (Wildman–Crippen MR) is 125 cm³/mol. The first kappa shape index (κ1) is 23.1. The molecule has 0 aliphatic rings. The van der Waals surface area contributed by atoms with Crippen molar-refractivity contribution < 1.29 is 19.0 Å². The molecule has 0 radical (unpaired) electrons. The summed E-state index contributed by atoms with van der Waals surface area (Å²) < 4.78 is 19.6. The van der Waals surface area contributed by atoms with Gasteiger partial charge >= 0.3 is 12.0 Å². The molecule has 0 bridgehead atoms. The number of H-pyrrole nitrogens is 1. The minimum Gasteiger partial charge on any atom is -0.481 e. The first-order chi connectivity index (χ1) is 16.2. The van der Waals surface area contributed by atoms with Crippen LogP contribution in [0.25, 0.3) is 11.4 Å². The molecular weight excluding hydrogens is 435 g/mol. The number of halogens is 1. The first-order valence-corrected chi connectivity index (χ1v) is 10.8. The van der Waals surface area contributed by atoms with E-state index in [0.717, 1.165) is 11.4 Å². The maximum absolute atomic E-state index is 13.7. The van der Waals surface area contributed by atoms with Gasteiger partial charge < -0.3 is 14.8 Å². The van der Waals surface area contributed by atoms with Gasteiger partial charge in [0.2, 0.25) is 0 Å². The van der Waals surface area contributed by atoms with Crippen LogP contribution in [0.4, 0.5) is 4.39 Å². The van der Waals surface area contributed by atoms with Gasteiger partial charge in [-0.15, -0.1) is 0 Å². The highest BCUT2D eigenvalue weighted by atomic mass is 19.1. The van der Waals surface area contributed by atoms with Crippen LogP contribution in [0.5, 0.6) is 11.8 Å². The molecule has 4 rings (SSSR count). The predicted octanol–water partition coefficient (Wildman–Crippen LogP) is 5.61. The molecule has 1 unspecified atom stereocenters. The molecule has 34 heavy (non-hydrogen) atoms. The molecule has 174 valence electrons. The number of nitrogens with zero attached hydrogens (tertiary/aromatic N) is 3. The number of carbonyl (C=O) groups is 1. The maximum Gasteiger partial charge on any atom is 0.322 e. The Hall–Kier alpha value is -4.07. The lowest BCUT2D eigenvalue weighted by Crippen LogP contribution is -2.44. The number of aromatic nitrogens is 4. The second kappa shape index (κ2) is 9.05. The standard InChI is InChI=1S/C26H25FN4O3/c1-25(2,3)26(16-22(32)33,18-6-8-19(27)9-7-18)21-12-13-30-24(31-21)34-20-10-4-17(5-11-20)23-28-14-15-29-23/h4-15H,16H2,1-3H3,(H,28,29)(H,32,33). The van der Waals surface area contributed by atoms with Gasteiger partial charge in [0.05, 0.1) is 17.5 Å². The lowest BCUT2D eigenvalue weighted by molar-refractivity contribution is -0.139. The van der Waals surface area contributed by atoms with E-state index in [4.69, 9.17) is 4.74 Å². The van der Waals surface area contributed by atoms with Crippen molar-refractivity contribution in [2.75, 3.05) is 0 Å². The van der Waals surface area contributed by atoms with Gasteiger partial charge in [0.15, 0.2) is 0 Å². The molecule has 0 saturated heterocycles. The fourth-order valence-electron chi connectivity index (χ4n) is 4.22. The number of aromatic amines is 1. The number of carboxylic acids is 1. The molecule has 0 spiro atoms. The highest BCUT2D eigenvalue weighted by molar-refractivity contribution is 5.71. The summed E-state index contributed by atoms with van der Waals surface area (Å²) in [6.45, 7) is 5.82.